The number of halogens is 1. The Balaban J connectivity index is 0.877. The van der Waals surface area contributed by atoms with Gasteiger partial charge < -0.3 is 36.4 Å². The summed E-state index contributed by atoms with van der Waals surface area (Å²) in [4.78, 5) is 70.5. The number of carbonyl (C=O) groups excluding carboxylic acids is 4. The summed E-state index contributed by atoms with van der Waals surface area (Å²) in [6.45, 7) is 8.94. The quantitative estimate of drug-likeness (QED) is 0.0679. The van der Waals surface area contributed by atoms with Crippen molar-refractivity contribution in [1.29, 1.82) is 0 Å². The number of amides is 5. The molecule has 2 aromatic carbocycles. The van der Waals surface area contributed by atoms with Crippen molar-refractivity contribution in [2.45, 2.75) is 84.2 Å². The summed E-state index contributed by atoms with van der Waals surface area (Å²) in [6, 6.07) is 17.7. The number of pyridine rings is 2. The smallest absolute Gasteiger partial charge is 0.323 e. The van der Waals surface area contributed by atoms with E-state index in [0.29, 0.717) is 30.4 Å². The molecule has 5 amide bonds. The number of hydrogen-bond donors (Lipinski definition) is 6. The molecule has 2 aliphatic rings. The SMILES string of the molecule is Cc1ncsc1-c1ccc(CNC(=O)[C@@H]2C[C@@H](O)CN2C(=O)[C@@H](NC(=O)CN2CCC(c3ccc(C#Cc4cc(NC(=O)Nc5cc(F)ncc5CO)ccn4)cc3)CC2)C(C)(C)C)cc1. The van der Waals surface area contributed by atoms with E-state index in [2.05, 4.69) is 65.1 Å². The molecule has 0 aliphatic carbocycles. The molecule has 0 saturated carbocycles. The summed E-state index contributed by atoms with van der Waals surface area (Å²) in [6.07, 6.45) is 3.59. The highest BCUT2D eigenvalue weighted by atomic mass is 32.1. The second-order valence-electron chi connectivity index (χ2n) is 17.7. The Labute approximate surface area is 387 Å². The molecule has 0 spiro atoms. The van der Waals surface area contributed by atoms with Crippen molar-refractivity contribution in [2.75, 3.05) is 36.8 Å². The zero-order valence-electron chi connectivity index (χ0n) is 37.3. The van der Waals surface area contributed by atoms with Gasteiger partial charge in [0.1, 0.15) is 17.8 Å². The Morgan fingerprint density at radius 1 is 0.955 bits per heavy atom. The minimum atomic E-state index is -0.914. The Bertz CT molecular complexity index is 2600. The third-order valence-electron chi connectivity index (χ3n) is 11.8. The molecule has 66 heavy (non-hydrogen) atoms. The van der Waals surface area contributed by atoms with E-state index in [4.69, 9.17) is 0 Å². The number of rotatable bonds is 12. The second-order valence-corrected chi connectivity index (χ2v) is 18.6. The molecule has 3 atom stereocenters. The lowest BCUT2D eigenvalue weighted by molar-refractivity contribution is -0.144. The number of carbonyl (C=O) groups is 4. The molecule has 5 heterocycles. The lowest BCUT2D eigenvalue weighted by Gasteiger charge is -2.36. The zero-order chi connectivity index (χ0) is 47.0. The minimum absolute atomic E-state index is 0.00173. The van der Waals surface area contributed by atoms with E-state index in [1.54, 1.807) is 23.5 Å². The Kier molecular flexibility index (Phi) is 15.2. The summed E-state index contributed by atoms with van der Waals surface area (Å²) in [5.41, 5.74) is 7.22. The number of benzene rings is 2. The summed E-state index contributed by atoms with van der Waals surface area (Å²) in [7, 11) is 0. The van der Waals surface area contributed by atoms with E-state index in [1.807, 2.05) is 69.6 Å². The number of nitrogens with one attached hydrogen (secondary N) is 4. The maximum absolute atomic E-state index is 14.2. The van der Waals surface area contributed by atoms with E-state index in [-0.39, 0.29) is 49.1 Å². The van der Waals surface area contributed by atoms with Crippen molar-refractivity contribution >= 4 is 46.5 Å². The molecule has 0 radical (unpaired) electrons. The van der Waals surface area contributed by atoms with Gasteiger partial charge in [-0.15, -0.1) is 11.3 Å². The Hall–Kier alpha value is -6.58. The van der Waals surface area contributed by atoms with Crippen LogP contribution in [0.5, 0.6) is 0 Å². The lowest BCUT2D eigenvalue weighted by Crippen LogP contribution is -2.58. The van der Waals surface area contributed by atoms with Gasteiger partial charge in [-0.25, -0.2) is 19.7 Å². The fourth-order valence-corrected chi connectivity index (χ4v) is 8.96. The second kappa shape index (κ2) is 21.2. The summed E-state index contributed by atoms with van der Waals surface area (Å²) < 4.78 is 13.6. The first-order valence-corrected chi connectivity index (χ1v) is 22.7. The largest absolute Gasteiger partial charge is 0.392 e. The average molecular weight is 916 g/mol. The van der Waals surface area contributed by atoms with Gasteiger partial charge >= 0.3 is 6.03 Å². The van der Waals surface area contributed by atoms with Crippen molar-refractivity contribution in [3.8, 4) is 22.3 Å². The van der Waals surface area contributed by atoms with Gasteiger partial charge in [0.2, 0.25) is 23.7 Å². The van der Waals surface area contributed by atoms with Gasteiger partial charge in [-0.1, -0.05) is 63.1 Å². The van der Waals surface area contributed by atoms with Crippen LogP contribution in [0.3, 0.4) is 0 Å². The zero-order valence-corrected chi connectivity index (χ0v) is 38.1. The van der Waals surface area contributed by atoms with E-state index in [9.17, 15) is 33.8 Å². The minimum Gasteiger partial charge on any atom is -0.392 e. The Morgan fingerprint density at radius 3 is 2.38 bits per heavy atom. The van der Waals surface area contributed by atoms with Crippen LogP contribution in [0.25, 0.3) is 10.4 Å². The third-order valence-corrected chi connectivity index (χ3v) is 12.8. The van der Waals surface area contributed by atoms with Crippen molar-refractivity contribution in [3.05, 3.63) is 124 Å². The number of nitrogens with zero attached hydrogens (tertiary/aromatic N) is 5. The molecule has 5 aromatic rings. The van der Waals surface area contributed by atoms with E-state index < -0.39 is 48.1 Å². The number of piperidine rings is 1. The maximum atomic E-state index is 14.2. The van der Waals surface area contributed by atoms with Crippen molar-refractivity contribution < 1.29 is 33.8 Å². The molecule has 0 bridgehead atoms. The number of β-amino-alcohol motifs (C(OH)–C–C–N with tert-alkyl or cyclic N) is 1. The highest BCUT2D eigenvalue weighted by Gasteiger charge is 2.44. The lowest BCUT2D eigenvalue weighted by atomic mass is 9.85. The number of aliphatic hydroxyl groups excluding tert-OH is 2. The number of likely N-dealkylation sites (tertiary alicyclic amines) is 2. The number of thiazole rings is 1. The fourth-order valence-electron chi connectivity index (χ4n) is 8.15. The van der Waals surface area contributed by atoms with Gasteiger partial charge in [0.05, 0.1) is 41.0 Å². The van der Waals surface area contributed by atoms with Crippen LogP contribution in [-0.2, 0) is 27.5 Å². The number of aromatic nitrogens is 3. The van der Waals surface area contributed by atoms with Crippen molar-refractivity contribution in [2.24, 2.45) is 5.41 Å². The maximum Gasteiger partial charge on any atom is 0.323 e. The first kappa shape index (κ1) is 47.4. The van der Waals surface area contributed by atoms with Crippen LogP contribution in [0.4, 0.5) is 20.6 Å². The predicted octanol–water partition coefficient (Wildman–Crippen LogP) is 5.57. The molecule has 2 fully saturated rings. The van der Waals surface area contributed by atoms with Gasteiger partial charge in [0.25, 0.3) is 0 Å². The molecular formula is C49H54FN9O6S. The molecule has 7 rings (SSSR count). The number of urea groups is 1. The summed E-state index contributed by atoms with van der Waals surface area (Å²) in [5.74, 6) is 4.60. The van der Waals surface area contributed by atoms with E-state index >= 15 is 0 Å². The average Bonchev–Trinajstić information content (AvgIpc) is 3.92. The number of aryl methyl sites for hydroxylation is 1. The molecule has 0 unspecified atom stereocenters. The first-order chi connectivity index (χ1) is 31.6. The van der Waals surface area contributed by atoms with Crippen LogP contribution in [0.2, 0.25) is 0 Å². The molecule has 344 valence electrons. The van der Waals surface area contributed by atoms with Crippen molar-refractivity contribution in [1.82, 2.24) is 35.4 Å². The van der Waals surface area contributed by atoms with Crippen LogP contribution in [0, 0.1) is 30.1 Å². The number of anilines is 2. The summed E-state index contributed by atoms with van der Waals surface area (Å²) >= 11 is 1.57. The molecule has 17 heteroatoms. The van der Waals surface area contributed by atoms with Gasteiger partial charge in [0, 0.05) is 54.8 Å². The van der Waals surface area contributed by atoms with Crippen LogP contribution in [-0.4, -0.2) is 103 Å². The van der Waals surface area contributed by atoms with Crippen LogP contribution >= 0.6 is 11.3 Å². The monoisotopic (exact) mass is 915 g/mol. The molecule has 2 aliphatic heterocycles. The number of hydrogen-bond acceptors (Lipinski definition) is 11. The Morgan fingerprint density at radius 2 is 1.70 bits per heavy atom. The fraction of sp³-hybridized carbons (Fsp3) is 0.367. The van der Waals surface area contributed by atoms with E-state index in [1.165, 1.54) is 16.7 Å². The highest BCUT2D eigenvalue weighted by molar-refractivity contribution is 7.13. The summed E-state index contributed by atoms with van der Waals surface area (Å²) in [5, 5.41) is 31.2. The molecule has 6 N–H and O–H groups in total. The van der Waals surface area contributed by atoms with Crippen LogP contribution in [0.1, 0.15) is 79.6 Å². The van der Waals surface area contributed by atoms with Crippen LogP contribution in [0.15, 0.2) is 84.6 Å². The van der Waals surface area contributed by atoms with E-state index in [0.717, 1.165) is 52.4 Å². The third kappa shape index (κ3) is 12.2. The highest BCUT2D eigenvalue weighted by Crippen LogP contribution is 2.30. The van der Waals surface area contributed by atoms with Gasteiger partial charge in [0.15, 0.2) is 0 Å². The molecular weight excluding hydrogens is 862 g/mol. The molecule has 2 saturated heterocycles. The number of aliphatic hydroxyl groups is 2. The van der Waals surface area contributed by atoms with Crippen molar-refractivity contribution in [3.63, 3.8) is 0 Å². The molecule has 15 nitrogen and oxygen atoms in total. The van der Waals surface area contributed by atoms with Gasteiger partial charge in [-0.2, -0.15) is 4.39 Å². The van der Waals surface area contributed by atoms with Crippen LogP contribution < -0.4 is 21.3 Å². The molecule has 3 aromatic heterocycles. The van der Waals surface area contributed by atoms with Gasteiger partial charge in [-0.3, -0.25) is 19.3 Å². The first-order valence-electron chi connectivity index (χ1n) is 21.8. The predicted molar refractivity (Wildman–Crippen MR) is 249 cm³/mol. The topological polar surface area (TPSA) is 202 Å². The normalized spacial score (nSPS) is 17.0. The van der Waals surface area contributed by atoms with Gasteiger partial charge in [-0.05, 0) is 91.1 Å². The standard InChI is InChI=1S/C49H54FN9O6S/c1-30-44(66-29-54-30)35-12-7-32(8-13-35)24-53-46(63)41-22-39(61)26-59(41)47(64)45(49(2,3)4)57-43(62)27-58-19-16-34(17-20-58)33-10-5-31(6-11-33)9-14-37-21-38(15-18-51-37)55-48(65)56-40-23-42(50)52-25-36(40)28-60/h5-8,10-13,15,18,21,23,25,29,34,39,41,45,60-61H,16-17,19-20,22,24,26-28H2,1-4H3,(H,53,63)(H,57,62)(H2,51,52,55,56,65)/t39-,41+,45-/m1/s1.